The van der Waals surface area contributed by atoms with Crippen molar-refractivity contribution in [2.45, 2.75) is 19.9 Å². The third-order valence-corrected chi connectivity index (χ3v) is 1.57. The van der Waals surface area contributed by atoms with Crippen LogP contribution in [-0.4, -0.2) is 15.6 Å². The van der Waals surface area contributed by atoms with Gasteiger partial charge in [0.25, 0.3) is 0 Å². The Labute approximate surface area is 71.0 Å². The highest BCUT2D eigenvalue weighted by Crippen LogP contribution is 2.04. The molecule has 5 heteroatoms. The van der Waals surface area contributed by atoms with Crippen LogP contribution in [0.15, 0.2) is 17.5 Å². The average molecular weight is 167 g/mol. The lowest BCUT2D eigenvalue weighted by atomic mass is 10.3. The van der Waals surface area contributed by atoms with E-state index in [1.165, 1.54) is 0 Å². The zero-order valence-electron chi connectivity index (χ0n) is 7.23. The lowest BCUT2D eigenvalue weighted by molar-refractivity contribution is 0.532. The Morgan fingerprint density at radius 3 is 2.75 bits per heavy atom. The van der Waals surface area contributed by atoms with Gasteiger partial charge in [0.1, 0.15) is 0 Å². The molecule has 12 heavy (non-hydrogen) atoms. The van der Waals surface area contributed by atoms with Crippen LogP contribution in [0.5, 0.6) is 0 Å². The second-order valence-corrected chi connectivity index (χ2v) is 2.82. The third kappa shape index (κ3) is 1.55. The molecule has 0 aromatic carbocycles. The molecule has 66 valence electrons. The van der Waals surface area contributed by atoms with Crippen molar-refractivity contribution in [2.75, 3.05) is 0 Å². The van der Waals surface area contributed by atoms with Crippen LogP contribution in [0.25, 0.3) is 0 Å². The van der Waals surface area contributed by atoms with Crippen LogP contribution in [0.3, 0.4) is 0 Å². The van der Waals surface area contributed by atoms with Gasteiger partial charge in [-0.3, -0.25) is 4.68 Å². The van der Waals surface area contributed by atoms with Gasteiger partial charge < -0.3 is 11.6 Å². The molecule has 0 radical (unpaired) electrons. The molecule has 1 aromatic heterocycles. The smallest absolute Gasteiger partial charge is 0.153 e. The van der Waals surface area contributed by atoms with Crippen LogP contribution in [0.2, 0.25) is 0 Å². The normalized spacial score (nSPS) is 12.4. The molecule has 0 aliphatic heterocycles. The minimum Gasteiger partial charge on any atom is -0.382 e. The molecule has 0 saturated carbocycles. The van der Waals surface area contributed by atoms with E-state index in [0.717, 1.165) is 5.56 Å². The number of amidine groups is 1. The van der Waals surface area contributed by atoms with Crippen LogP contribution in [0, 0.1) is 0 Å². The van der Waals surface area contributed by atoms with Crippen LogP contribution in [0.4, 0.5) is 0 Å². The molecule has 1 heterocycles. The summed E-state index contributed by atoms with van der Waals surface area (Å²) in [6.45, 7) is 4.07. The number of aromatic nitrogens is 2. The van der Waals surface area contributed by atoms with Crippen molar-refractivity contribution >= 4 is 5.84 Å². The van der Waals surface area contributed by atoms with E-state index < -0.39 is 0 Å². The minimum absolute atomic E-state index is 0.307. The van der Waals surface area contributed by atoms with Gasteiger partial charge in [0.2, 0.25) is 0 Å². The molecule has 5 nitrogen and oxygen atoms in total. The second kappa shape index (κ2) is 3.25. The summed E-state index contributed by atoms with van der Waals surface area (Å²) in [5.74, 6) is 5.32. The van der Waals surface area contributed by atoms with Gasteiger partial charge in [-0.1, -0.05) is 0 Å². The molecule has 4 N–H and O–H groups in total. The lowest BCUT2D eigenvalue weighted by Gasteiger charge is -2.02. The first-order valence-corrected chi connectivity index (χ1v) is 3.73. The van der Waals surface area contributed by atoms with E-state index in [4.69, 9.17) is 11.6 Å². The summed E-state index contributed by atoms with van der Waals surface area (Å²) in [5, 5.41) is 7.46. The monoisotopic (exact) mass is 167 g/mol. The number of rotatable bonds is 2. The summed E-state index contributed by atoms with van der Waals surface area (Å²) < 4.78 is 1.80. The first-order chi connectivity index (χ1) is 5.65. The molecule has 0 aliphatic carbocycles. The van der Waals surface area contributed by atoms with Gasteiger partial charge in [-0.2, -0.15) is 10.2 Å². The summed E-state index contributed by atoms with van der Waals surface area (Å²) in [7, 11) is 0. The summed E-state index contributed by atoms with van der Waals surface area (Å²) in [6.07, 6.45) is 3.46. The molecule has 0 atom stereocenters. The van der Waals surface area contributed by atoms with Gasteiger partial charge in [-0.15, -0.1) is 0 Å². The predicted molar refractivity (Wildman–Crippen MR) is 47.5 cm³/mol. The minimum atomic E-state index is 0.307. The highest BCUT2D eigenvalue weighted by molar-refractivity contribution is 5.96. The highest BCUT2D eigenvalue weighted by atomic mass is 15.3. The van der Waals surface area contributed by atoms with Gasteiger partial charge in [0, 0.05) is 12.2 Å². The maximum Gasteiger partial charge on any atom is 0.153 e. The van der Waals surface area contributed by atoms with Crippen LogP contribution >= 0.6 is 0 Å². The molecular weight excluding hydrogens is 154 g/mol. The Morgan fingerprint density at radius 2 is 2.33 bits per heavy atom. The Morgan fingerprint density at radius 1 is 1.67 bits per heavy atom. The molecule has 1 aromatic rings. The van der Waals surface area contributed by atoms with E-state index >= 15 is 0 Å². The number of nitrogens with zero attached hydrogens (tertiary/aromatic N) is 3. The third-order valence-electron chi connectivity index (χ3n) is 1.57. The van der Waals surface area contributed by atoms with Crippen LogP contribution < -0.4 is 11.6 Å². The molecule has 0 amide bonds. The Balaban J connectivity index is 2.92. The molecule has 1 rings (SSSR count). The first kappa shape index (κ1) is 8.58. The Kier molecular flexibility index (Phi) is 2.32. The molecule has 0 bridgehead atoms. The summed E-state index contributed by atoms with van der Waals surface area (Å²) in [6, 6.07) is 0.323. The molecule has 0 saturated heterocycles. The van der Waals surface area contributed by atoms with Gasteiger partial charge >= 0.3 is 0 Å². The molecule has 0 aliphatic rings. The number of nitrogens with two attached hydrogens (primary N) is 2. The van der Waals surface area contributed by atoms with Crippen molar-refractivity contribution in [1.29, 1.82) is 0 Å². The predicted octanol–water partition coefficient (Wildman–Crippen LogP) is 0.0430. The van der Waals surface area contributed by atoms with Crippen molar-refractivity contribution in [3.63, 3.8) is 0 Å². The SMILES string of the molecule is CC(C)n1cc(/C(N)=N/N)cn1. The van der Waals surface area contributed by atoms with Crippen molar-refractivity contribution in [3.05, 3.63) is 18.0 Å². The van der Waals surface area contributed by atoms with E-state index in [1.54, 1.807) is 10.9 Å². The van der Waals surface area contributed by atoms with Crippen molar-refractivity contribution in [2.24, 2.45) is 16.7 Å². The summed E-state index contributed by atoms with van der Waals surface area (Å²) in [5.41, 5.74) is 6.24. The zero-order chi connectivity index (χ0) is 9.14. The highest BCUT2D eigenvalue weighted by Gasteiger charge is 2.03. The average Bonchev–Trinajstić information content (AvgIpc) is 2.51. The molecule has 0 fully saturated rings. The van der Waals surface area contributed by atoms with Crippen molar-refractivity contribution in [1.82, 2.24) is 9.78 Å². The van der Waals surface area contributed by atoms with Crippen LogP contribution in [0.1, 0.15) is 25.5 Å². The quantitative estimate of drug-likeness (QED) is 0.282. The summed E-state index contributed by atoms with van der Waals surface area (Å²) in [4.78, 5) is 0. The topological polar surface area (TPSA) is 82.2 Å². The Bertz CT molecular complexity index is 286. The fraction of sp³-hybridized carbons (Fsp3) is 0.429. The first-order valence-electron chi connectivity index (χ1n) is 3.73. The zero-order valence-corrected chi connectivity index (χ0v) is 7.23. The second-order valence-electron chi connectivity index (χ2n) is 2.82. The fourth-order valence-electron chi connectivity index (χ4n) is 0.827. The number of hydrogen-bond donors (Lipinski definition) is 2. The standard InChI is InChI=1S/C7H13N5/c1-5(2)12-4-6(3-10-12)7(8)11-9/h3-5H,9H2,1-2H3,(H2,8,11). The van der Waals surface area contributed by atoms with Crippen LogP contribution in [-0.2, 0) is 0 Å². The van der Waals surface area contributed by atoms with Crippen molar-refractivity contribution in [3.8, 4) is 0 Å². The van der Waals surface area contributed by atoms with Gasteiger partial charge in [0.05, 0.1) is 11.8 Å². The fourth-order valence-corrected chi connectivity index (χ4v) is 0.827. The number of hydrogen-bond acceptors (Lipinski definition) is 3. The van der Waals surface area contributed by atoms with Gasteiger partial charge in [-0.05, 0) is 13.8 Å². The van der Waals surface area contributed by atoms with Crippen molar-refractivity contribution < 1.29 is 0 Å². The summed E-state index contributed by atoms with van der Waals surface area (Å²) >= 11 is 0. The Hall–Kier alpha value is -1.52. The van der Waals surface area contributed by atoms with E-state index in [0.29, 0.717) is 11.9 Å². The number of hydrazone groups is 1. The van der Waals surface area contributed by atoms with E-state index in [2.05, 4.69) is 10.2 Å². The van der Waals surface area contributed by atoms with E-state index in [1.807, 2.05) is 20.0 Å². The maximum absolute atomic E-state index is 5.48. The van der Waals surface area contributed by atoms with Gasteiger partial charge in [0.15, 0.2) is 5.84 Å². The van der Waals surface area contributed by atoms with Gasteiger partial charge in [-0.25, -0.2) is 0 Å². The largest absolute Gasteiger partial charge is 0.382 e. The lowest BCUT2D eigenvalue weighted by Crippen LogP contribution is -2.14. The maximum atomic E-state index is 5.48. The molecule has 0 spiro atoms. The van der Waals surface area contributed by atoms with E-state index in [9.17, 15) is 0 Å². The molecule has 0 unspecified atom stereocenters. The van der Waals surface area contributed by atoms with E-state index in [-0.39, 0.29) is 0 Å². The molecular formula is C7H13N5.